The minimum absolute atomic E-state index is 0.121. The predicted molar refractivity (Wildman–Crippen MR) is 91.9 cm³/mol. The van der Waals surface area contributed by atoms with Crippen molar-refractivity contribution in [3.05, 3.63) is 29.8 Å². The Bertz CT molecular complexity index is 746. The fraction of sp³-hybridized carbons (Fsp3) is 0.529. The van der Waals surface area contributed by atoms with Crippen molar-refractivity contribution in [2.45, 2.75) is 45.6 Å². The molecule has 2 atom stereocenters. The van der Waals surface area contributed by atoms with Gasteiger partial charge in [0.05, 0.1) is 17.9 Å². The van der Waals surface area contributed by atoms with E-state index in [-0.39, 0.29) is 18.1 Å². The first kappa shape index (κ1) is 17.5. The van der Waals surface area contributed by atoms with E-state index in [2.05, 4.69) is 33.1 Å². The number of anilines is 1. The summed E-state index contributed by atoms with van der Waals surface area (Å²) in [4.78, 5) is 12.2. The van der Waals surface area contributed by atoms with Gasteiger partial charge in [-0.05, 0) is 54.3 Å². The summed E-state index contributed by atoms with van der Waals surface area (Å²) in [5, 5.41) is 17.1. The van der Waals surface area contributed by atoms with Gasteiger partial charge in [0.25, 0.3) is 0 Å². The minimum atomic E-state index is -0.492. The smallest absolute Gasteiger partial charge is 0.238 e. The van der Waals surface area contributed by atoms with Crippen LogP contribution in [0.2, 0.25) is 0 Å². The van der Waals surface area contributed by atoms with Crippen LogP contribution in [0.3, 0.4) is 0 Å². The molecular weight excluding hydrogens is 323 g/mol. The summed E-state index contributed by atoms with van der Waals surface area (Å²) < 4.78 is 15.5. The van der Waals surface area contributed by atoms with Gasteiger partial charge in [-0.1, -0.05) is 19.8 Å². The Balaban J connectivity index is 1.63. The monoisotopic (exact) mass is 346 g/mol. The number of aromatic nitrogens is 4. The lowest BCUT2D eigenvalue weighted by atomic mass is 9.86. The maximum atomic E-state index is 14.0. The number of carbonyl (C=O) groups is 1. The molecule has 1 amide bonds. The average molecular weight is 346 g/mol. The molecule has 0 radical (unpaired) electrons. The van der Waals surface area contributed by atoms with Crippen LogP contribution in [-0.4, -0.2) is 38.7 Å². The highest BCUT2D eigenvalue weighted by atomic mass is 19.1. The molecule has 1 aromatic carbocycles. The van der Waals surface area contributed by atoms with Crippen molar-refractivity contribution < 1.29 is 9.18 Å². The lowest BCUT2D eigenvalue weighted by Gasteiger charge is -2.29. The summed E-state index contributed by atoms with van der Waals surface area (Å²) in [5.74, 6) is 0.386. The number of nitrogens with one attached hydrogen (secondary N) is 2. The van der Waals surface area contributed by atoms with Gasteiger partial charge >= 0.3 is 0 Å². The zero-order valence-corrected chi connectivity index (χ0v) is 14.5. The highest BCUT2D eigenvalue weighted by Gasteiger charge is 2.21. The maximum Gasteiger partial charge on any atom is 0.238 e. The van der Waals surface area contributed by atoms with Crippen molar-refractivity contribution in [3.63, 3.8) is 0 Å². The second-order valence-corrected chi connectivity index (χ2v) is 6.60. The Morgan fingerprint density at radius 2 is 2.16 bits per heavy atom. The first-order valence-corrected chi connectivity index (χ1v) is 8.62. The van der Waals surface area contributed by atoms with Crippen LogP contribution in [0.1, 0.15) is 38.4 Å². The van der Waals surface area contributed by atoms with Gasteiger partial charge in [0.15, 0.2) is 5.82 Å². The zero-order valence-electron chi connectivity index (χ0n) is 14.5. The standard InChI is InChI=1S/C17H23FN6O/c1-11-5-3-4-6-15(11)19-10-17(25)20-16-9-13(7-8-14(16)18)24-12(2)21-22-23-24/h7-9,11,15,19H,3-6,10H2,1-2H3,(H,20,25)/t11-,15+/m0/s1. The number of halogens is 1. The van der Waals surface area contributed by atoms with Crippen molar-refractivity contribution in [2.75, 3.05) is 11.9 Å². The molecule has 1 aliphatic rings. The molecule has 8 heteroatoms. The molecule has 0 aliphatic heterocycles. The summed E-state index contributed by atoms with van der Waals surface area (Å²) in [7, 11) is 0. The van der Waals surface area contributed by atoms with Crippen molar-refractivity contribution in [1.29, 1.82) is 0 Å². The molecule has 1 heterocycles. The van der Waals surface area contributed by atoms with E-state index in [0.29, 0.717) is 23.5 Å². The molecule has 0 spiro atoms. The molecule has 1 saturated carbocycles. The van der Waals surface area contributed by atoms with Crippen LogP contribution < -0.4 is 10.6 Å². The van der Waals surface area contributed by atoms with E-state index < -0.39 is 5.82 Å². The first-order chi connectivity index (χ1) is 12.0. The van der Waals surface area contributed by atoms with Gasteiger partial charge in [-0.3, -0.25) is 4.79 Å². The number of benzene rings is 1. The van der Waals surface area contributed by atoms with Crippen molar-refractivity contribution >= 4 is 11.6 Å². The Kier molecular flexibility index (Phi) is 5.37. The van der Waals surface area contributed by atoms with Crippen molar-refractivity contribution in [1.82, 2.24) is 25.5 Å². The molecule has 25 heavy (non-hydrogen) atoms. The molecule has 2 aromatic rings. The summed E-state index contributed by atoms with van der Waals surface area (Å²) in [6.07, 6.45) is 4.70. The zero-order chi connectivity index (χ0) is 17.8. The number of hydrogen-bond donors (Lipinski definition) is 2. The summed E-state index contributed by atoms with van der Waals surface area (Å²) in [5.41, 5.74) is 0.712. The molecule has 2 N–H and O–H groups in total. The highest BCUT2D eigenvalue weighted by Crippen LogP contribution is 2.23. The van der Waals surface area contributed by atoms with E-state index in [1.54, 1.807) is 13.0 Å². The molecule has 0 unspecified atom stereocenters. The Labute approximate surface area is 146 Å². The predicted octanol–water partition coefficient (Wildman–Crippen LogP) is 2.22. The first-order valence-electron chi connectivity index (χ1n) is 8.62. The van der Waals surface area contributed by atoms with Crippen LogP contribution in [0.15, 0.2) is 18.2 Å². The number of carbonyl (C=O) groups excluding carboxylic acids is 1. The van der Waals surface area contributed by atoms with Gasteiger partial charge in [0.1, 0.15) is 5.82 Å². The summed E-state index contributed by atoms with van der Waals surface area (Å²) in [6.45, 7) is 4.12. The van der Waals surface area contributed by atoms with Crippen LogP contribution in [0.4, 0.5) is 10.1 Å². The molecule has 0 bridgehead atoms. The van der Waals surface area contributed by atoms with Crippen molar-refractivity contribution in [2.24, 2.45) is 5.92 Å². The Hall–Kier alpha value is -2.35. The van der Waals surface area contributed by atoms with E-state index in [4.69, 9.17) is 0 Å². The molecule has 1 fully saturated rings. The fourth-order valence-electron chi connectivity index (χ4n) is 3.25. The SMILES string of the molecule is Cc1nnnn1-c1ccc(F)c(NC(=O)CN[C@@H]2CCCC[C@@H]2C)c1. The number of rotatable bonds is 5. The van der Waals surface area contributed by atoms with Gasteiger partial charge < -0.3 is 10.6 Å². The third-order valence-corrected chi connectivity index (χ3v) is 4.73. The highest BCUT2D eigenvalue weighted by molar-refractivity contribution is 5.92. The lowest BCUT2D eigenvalue weighted by Crippen LogP contribution is -2.41. The summed E-state index contributed by atoms with van der Waals surface area (Å²) in [6, 6.07) is 4.73. The minimum Gasteiger partial charge on any atom is -0.322 e. The number of tetrazole rings is 1. The second-order valence-electron chi connectivity index (χ2n) is 6.60. The van der Waals surface area contributed by atoms with Crippen LogP contribution >= 0.6 is 0 Å². The van der Waals surface area contributed by atoms with E-state index in [1.165, 1.54) is 36.1 Å². The molecular formula is C17H23FN6O. The molecule has 1 aliphatic carbocycles. The van der Waals surface area contributed by atoms with E-state index in [1.807, 2.05) is 0 Å². The third kappa shape index (κ3) is 4.19. The van der Waals surface area contributed by atoms with Gasteiger partial charge in [-0.2, -0.15) is 4.68 Å². The van der Waals surface area contributed by atoms with Crippen LogP contribution in [0.5, 0.6) is 0 Å². The van der Waals surface area contributed by atoms with Gasteiger partial charge in [0, 0.05) is 6.04 Å². The van der Waals surface area contributed by atoms with Gasteiger partial charge in [-0.15, -0.1) is 5.10 Å². The largest absolute Gasteiger partial charge is 0.322 e. The van der Waals surface area contributed by atoms with E-state index in [0.717, 1.165) is 6.42 Å². The average Bonchev–Trinajstić information content (AvgIpc) is 3.02. The third-order valence-electron chi connectivity index (χ3n) is 4.73. The fourth-order valence-corrected chi connectivity index (χ4v) is 3.25. The summed E-state index contributed by atoms with van der Waals surface area (Å²) >= 11 is 0. The Morgan fingerprint density at radius 1 is 1.36 bits per heavy atom. The number of nitrogens with zero attached hydrogens (tertiary/aromatic N) is 4. The normalized spacial score (nSPS) is 20.4. The van der Waals surface area contributed by atoms with Gasteiger partial charge in [0.2, 0.25) is 5.91 Å². The van der Waals surface area contributed by atoms with Crippen LogP contribution in [0.25, 0.3) is 5.69 Å². The molecule has 1 aromatic heterocycles. The maximum absolute atomic E-state index is 14.0. The molecule has 3 rings (SSSR count). The number of amides is 1. The van der Waals surface area contributed by atoms with Crippen LogP contribution in [0, 0.1) is 18.7 Å². The van der Waals surface area contributed by atoms with Crippen molar-refractivity contribution in [3.8, 4) is 5.69 Å². The molecule has 7 nitrogen and oxygen atoms in total. The van der Waals surface area contributed by atoms with E-state index in [9.17, 15) is 9.18 Å². The quantitative estimate of drug-likeness (QED) is 0.867. The van der Waals surface area contributed by atoms with Crippen LogP contribution in [-0.2, 0) is 4.79 Å². The topological polar surface area (TPSA) is 84.7 Å². The Morgan fingerprint density at radius 3 is 2.88 bits per heavy atom. The van der Waals surface area contributed by atoms with Gasteiger partial charge in [-0.25, -0.2) is 4.39 Å². The number of aryl methyl sites for hydroxylation is 1. The molecule has 0 saturated heterocycles. The number of hydrogen-bond acceptors (Lipinski definition) is 5. The lowest BCUT2D eigenvalue weighted by molar-refractivity contribution is -0.115. The van der Waals surface area contributed by atoms with E-state index >= 15 is 0 Å². The molecule has 134 valence electrons. The second kappa shape index (κ2) is 7.69.